The molecule has 0 amide bonds. The van der Waals surface area contributed by atoms with Crippen LogP contribution in [-0.4, -0.2) is 0 Å². The van der Waals surface area contributed by atoms with Gasteiger partial charge in [-0.15, -0.1) is 11.3 Å². The highest BCUT2D eigenvalue weighted by Gasteiger charge is 2.32. The minimum atomic E-state index is -4.51. The zero-order chi connectivity index (χ0) is 14.2. The van der Waals surface area contributed by atoms with E-state index in [1.807, 2.05) is 0 Å². The number of halogens is 6. The molecule has 0 fully saturated rings. The second kappa shape index (κ2) is 5.42. The molecule has 0 aliphatic heterocycles. The summed E-state index contributed by atoms with van der Waals surface area (Å²) in [5.74, 6) is -0.709. The third kappa shape index (κ3) is 3.12. The van der Waals surface area contributed by atoms with Crippen LogP contribution in [0.15, 0.2) is 29.6 Å². The van der Waals surface area contributed by atoms with Crippen LogP contribution < -0.4 is 0 Å². The van der Waals surface area contributed by atoms with E-state index in [9.17, 15) is 17.6 Å². The highest BCUT2D eigenvalue weighted by Crippen LogP contribution is 2.41. The van der Waals surface area contributed by atoms with Crippen LogP contribution in [0.4, 0.5) is 17.6 Å². The van der Waals surface area contributed by atoms with Gasteiger partial charge in [-0.3, -0.25) is 0 Å². The van der Waals surface area contributed by atoms with Gasteiger partial charge in [0.15, 0.2) is 0 Å². The molecule has 19 heavy (non-hydrogen) atoms. The average Bonchev–Trinajstić information content (AvgIpc) is 2.73. The number of alkyl halides is 4. The van der Waals surface area contributed by atoms with Crippen molar-refractivity contribution in [2.75, 3.05) is 0 Å². The van der Waals surface area contributed by atoms with Crippen LogP contribution in [0.3, 0.4) is 0 Å². The third-order valence-electron chi connectivity index (χ3n) is 2.47. The summed E-state index contributed by atoms with van der Waals surface area (Å²) in [7, 11) is 0. The summed E-state index contributed by atoms with van der Waals surface area (Å²) in [5, 5.41) is 2.08. The minimum absolute atomic E-state index is 0.0841. The first-order chi connectivity index (χ1) is 8.80. The number of thiophene rings is 1. The molecule has 0 N–H and O–H groups in total. The fraction of sp³-hybridized carbons (Fsp3) is 0.167. The summed E-state index contributed by atoms with van der Waals surface area (Å²) in [4.78, 5) is -0.137. The van der Waals surface area contributed by atoms with Crippen molar-refractivity contribution >= 4 is 38.9 Å². The second-order valence-electron chi connectivity index (χ2n) is 3.73. The van der Waals surface area contributed by atoms with Crippen LogP contribution >= 0.6 is 38.9 Å². The summed E-state index contributed by atoms with van der Waals surface area (Å²) < 4.78 is 51.6. The number of benzene rings is 1. The van der Waals surface area contributed by atoms with Crippen molar-refractivity contribution in [2.45, 2.75) is 11.0 Å². The molecule has 2 rings (SSSR count). The van der Waals surface area contributed by atoms with Gasteiger partial charge < -0.3 is 0 Å². The Kier molecular flexibility index (Phi) is 4.23. The molecule has 0 bridgehead atoms. The van der Waals surface area contributed by atoms with Crippen molar-refractivity contribution in [1.29, 1.82) is 0 Å². The van der Waals surface area contributed by atoms with Crippen LogP contribution in [0.5, 0.6) is 0 Å². The van der Waals surface area contributed by atoms with Gasteiger partial charge in [0, 0.05) is 10.4 Å². The van der Waals surface area contributed by atoms with Gasteiger partial charge in [0.05, 0.1) is 15.4 Å². The van der Waals surface area contributed by atoms with Gasteiger partial charge in [-0.05, 0) is 29.6 Å². The molecule has 0 saturated carbocycles. The second-order valence-corrected chi connectivity index (χ2v) is 6.00. The van der Waals surface area contributed by atoms with Gasteiger partial charge in [0.1, 0.15) is 5.82 Å². The molecule has 1 unspecified atom stereocenters. The largest absolute Gasteiger partial charge is 0.416 e. The van der Waals surface area contributed by atoms with E-state index in [1.54, 1.807) is 11.4 Å². The van der Waals surface area contributed by atoms with Crippen molar-refractivity contribution < 1.29 is 17.6 Å². The first-order valence-electron chi connectivity index (χ1n) is 5.04. The molecular weight excluding hydrogens is 368 g/mol. The predicted molar refractivity (Wildman–Crippen MR) is 71.5 cm³/mol. The average molecular weight is 374 g/mol. The Morgan fingerprint density at radius 2 is 1.89 bits per heavy atom. The van der Waals surface area contributed by atoms with E-state index in [-0.39, 0.29) is 5.56 Å². The third-order valence-corrected chi connectivity index (χ3v) is 5.15. The van der Waals surface area contributed by atoms with E-state index in [4.69, 9.17) is 11.6 Å². The van der Waals surface area contributed by atoms with Crippen molar-refractivity contribution in [3.8, 4) is 0 Å². The molecule has 102 valence electrons. The van der Waals surface area contributed by atoms with Crippen molar-refractivity contribution in [3.63, 3.8) is 0 Å². The Labute approximate surface area is 124 Å². The predicted octanol–water partition coefficient (Wildman–Crippen LogP) is 6.04. The summed E-state index contributed by atoms with van der Waals surface area (Å²) in [5.41, 5.74) is -0.972. The van der Waals surface area contributed by atoms with Gasteiger partial charge >= 0.3 is 6.18 Å². The van der Waals surface area contributed by atoms with Crippen LogP contribution in [0.25, 0.3) is 0 Å². The molecule has 0 aliphatic rings. The Morgan fingerprint density at radius 3 is 2.42 bits per heavy atom. The van der Waals surface area contributed by atoms with E-state index in [1.165, 1.54) is 11.3 Å². The van der Waals surface area contributed by atoms with Crippen LogP contribution in [0, 0.1) is 5.82 Å². The summed E-state index contributed by atoms with van der Waals surface area (Å²) in [6, 6.07) is 3.94. The number of rotatable bonds is 2. The normalized spacial score (nSPS) is 13.6. The quantitative estimate of drug-likeness (QED) is 0.444. The van der Waals surface area contributed by atoms with Crippen molar-refractivity contribution in [3.05, 3.63) is 56.5 Å². The number of hydrogen-bond acceptors (Lipinski definition) is 1. The Morgan fingerprint density at radius 1 is 1.21 bits per heavy atom. The summed E-state index contributed by atoms with van der Waals surface area (Å²) in [6.45, 7) is 0. The standard InChI is InChI=1S/C12H6BrClF4S/c13-10(11-8(14)3-4-19-11)7-5-6(12(16,17)18)1-2-9(7)15/h1-5,10H. The van der Waals surface area contributed by atoms with Crippen LogP contribution in [-0.2, 0) is 6.18 Å². The minimum Gasteiger partial charge on any atom is -0.207 e. The van der Waals surface area contributed by atoms with Gasteiger partial charge in [0.25, 0.3) is 0 Å². The molecule has 0 radical (unpaired) electrons. The summed E-state index contributed by atoms with van der Waals surface area (Å²) in [6.07, 6.45) is -4.51. The molecule has 1 aromatic heterocycles. The fourth-order valence-electron chi connectivity index (χ4n) is 1.54. The smallest absolute Gasteiger partial charge is 0.207 e. The van der Waals surface area contributed by atoms with Gasteiger partial charge in [-0.25, -0.2) is 4.39 Å². The monoisotopic (exact) mass is 372 g/mol. The highest BCUT2D eigenvalue weighted by atomic mass is 79.9. The Bertz CT molecular complexity index is 594. The molecule has 1 aromatic carbocycles. The molecule has 2 aromatic rings. The van der Waals surface area contributed by atoms with Crippen molar-refractivity contribution in [1.82, 2.24) is 0 Å². The summed E-state index contributed by atoms with van der Waals surface area (Å²) >= 11 is 10.3. The highest BCUT2D eigenvalue weighted by molar-refractivity contribution is 9.09. The maximum atomic E-state index is 13.7. The van der Waals surface area contributed by atoms with Crippen LogP contribution in [0.1, 0.15) is 20.8 Å². The zero-order valence-electron chi connectivity index (χ0n) is 9.14. The van der Waals surface area contributed by atoms with E-state index < -0.39 is 22.4 Å². The van der Waals surface area contributed by atoms with Crippen LogP contribution in [0.2, 0.25) is 5.02 Å². The van der Waals surface area contributed by atoms with Gasteiger partial charge in [-0.1, -0.05) is 27.5 Å². The zero-order valence-corrected chi connectivity index (χ0v) is 12.3. The SMILES string of the molecule is Fc1ccc(C(F)(F)F)cc1C(Br)c1sccc1Cl. The topological polar surface area (TPSA) is 0 Å². The molecule has 0 saturated heterocycles. The maximum Gasteiger partial charge on any atom is 0.416 e. The molecular formula is C12H6BrClF4S. The van der Waals surface area contributed by atoms with Gasteiger partial charge in [0.2, 0.25) is 0 Å². The lowest BCUT2D eigenvalue weighted by Crippen LogP contribution is -2.07. The fourth-order valence-corrected chi connectivity index (χ4v) is 3.75. The Hall–Kier alpha value is -0.590. The van der Waals surface area contributed by atoms with E-state index in [2.05, 4.69) is 15.9 Å². The lowest BCUT2D eigenvalue weighted by molar-refractivity contribution is -0.137. The first kappa shape index (κ1) is 14.8. The molecule has 1 heterocycles. The van der Waals surface area contributed by atoms with Gasteiger partial charge in [-0.2, -0.15) is 13.2 Å². The number of hydrogen-bond donors (Lipinski definition) is 0. The lowest BCUT2D eigenvalue weighted by Gasteiger charge is -2.13. The Balaban J connectivity index is 2.47. The molecule has 0 nitrogen and oxygen atoms in total. The van der Waals surface area contributed by atoms with E-state index in [0.717, 1.165) is 12.1 Å². The molecule has 0 spiro atoms. The molecule has 1 atom stereocenters. The maximum absolute atomic E-state index is 13.7. The van der Waals surface area contributed by atoms with E-state index in [0.29, 0.717) is 16.0 Å². The van der Waals surface area contributed by atoms with E-state index >= 15 is 0 Å². The van der Waals surface area contributed by atoms with Crippen molar-refractivity contribution in [2.24, 2.45) is 0 Å². The lowest BCUT2D eigenvalue weighted by atomic mass is 10.1. The first-order valence-corrected chi connectivity index (χ1v) is 7.21. The molecule has 7 heteroatoms. The molecule has 0 aliphatic carbocycles.